The zero-order valence-corrected chi connectivity index (χ0v) is 16.7. The maximum absolute atomic E-state index is 12.5. The van der Waals surface area contributed by atoms with Crippen molar-refractivity contribution < 1.29 is 19.1 Å². The molecule has 1 amide bonds. The van der Waals surface area contributed by atoms with Crippen LogP contribution in [0.15, 0.2) is 48.5 Å². The number of nitrogens with zero attached hydrogens (tertiary/aromatic N) is 1. The Bertz CT molecular complexity index is 915. The molecule has 5 nitrogen and oxygen atoms in total. The van der Waals surface area contributed by atoms with Crippen molar-refractivity contribution in [2.75, 3.05) is 18.6 Å². The number of esters is 1. The minimum atomic E-state index is -0.412. The topological polar surface area (TPSA) is 55.8 Å². The van der Waals surface area contributed by atoms with E-state index in [0.717, 1.165) is 22.4 Å². The summed E-state index contributed by atoms with van der Waals surface area (Å²) in [5.74, 6) is 0.189. The Morgan fingerprint density at radius 1 is 1.14 bits per heavy atom. The zero-order chi connectivity index (χ0) is 20.3. The second kappa shape index (κ2) is 8.30. The van der Waals surface area contributed by atoms with E-state index in [4.69, 9.17) is 9.47 Å². The standard InChI is InChI=1S/C23H25NO4/c1-5-28-23(26)14-20-19-13-18(27-4)10-11-21(19)24(16(3)25)22(20)12-17-8-6-15(2)7-9-17/h6-11,13-14,22H,5,12H2,1-4H3/b20-14-. The molecule has 1 unspecified atom stereocenters. The number of methoxy groups -OCH3 is 1. The molecule has 0 saturated carbocycles. The summed E-state index contributed by atoms with van der Waals surface area (Å²) in [6.45, 7) is 5.65. The Morgan fingerprint density at radius 2 is 1.86 bits per heavy atom. The summed E-state index contributed by atoms with van der Waals surface area (Å²) in [7, 11) is 1.60. The maximum Gasteiger partial charge on any atom is 0.331 e. The van der Waals surface area contributed by atoms with Crippen LogP contribution in [0.25, 0.3) is 5.57 Å². The lowest BCUT2D eigenvalue weighted by atomic mass is 9.95. The molecule has 146 valence electrons. The average molecular weight is 379 g/mol. The van der Waals surface area contributed by atoms with E-state index in [1.165, 1.54) is 11.6 Å². The van der Waals surface area contributed by atoms with Crippen molar-refractivity contribution in [3.05, 3.63) is 65.2 Å². The molecule has 1 aliphatic rings. The predicted octanol–water partition coefficient (Wildman–Crippen LogP) is 3.93. The van der Waals surface area contributed by atoms with Crippen molar-refractivity contribution in [1.82, 2.24) is 0 Å². The molecular formula is C23H25NO4. The molecule has 0 bridgehead atoms. The van der Waals surface area contributed by atoms with Gasteiger partial charge in [-0.25, -0.2) is 4.79 Å². The van der Waals surface area contributed by atoms with E-state index in [1.807, 2.05) is 37.3 Å². The molecule has 1 aliphatic heterocycles. The van der Waals surface area contributed by atoms with Crippen molar-refractivity contribution in [3.8, 4) is 5.75 Å². The Balaban J connectivity index is 2.10. The van der Waals surface area contributed by atoms with Crippen LogP contribution in [0.3, 0.4) is 0 Å². The Labute approximate surface area is 165 Å². The van der Waals surface area contributed by atoms with Crippen molar-refractivity contribution in [2.45, 2.75) is 33.2 Å². The molecule has 0 radical (unpaired) electrons. The minimum absolute atomic E-state index is 0.0733. The maximum atomic E-state index is 12.5. The molecule has 5 heteroatoms. The van der Waals surface area contributed by atoms with E-state index in [-0.39, 0.29) is 11.9 Å². The summed E-state index contributed by atoms with van der Waals surface area (Å²) in [6, 6.07) is 13.5. The minimum Gasteiger partial charge on any atom is -0.497 e. The van der Waals surface area contributed by atoms with E-state index in [0.29, 0.717) is 18.8 Å². The second-order valence-electron chi connectivity index (χ2n) is 6.83. The van der Waals surface area contributed by atoms with Crippen LogP contribution in [0.5, 0.6) is 5.75 Å². The largest absolute Gasteiger partial charge is 0.497 e. The van der Waals surface area contributed by atoms with Gasteiger partial charge in [-0.1, -0.05) is 29.8 Å². The van der Waals surface area contributed by atoms with Crippen molar-refractivity contribution in [3.63, 3.8) is 0 Å². The number of carbonyl (C=O) groups excluding carboxylic acids is 2. The van der Waals surface area contributed by atoms with E-state index < -0.39 is 5.97 Å². The fraction of sp³-hybridized carbons (Fsp3) is 0.304. The predicted molar refractivity (Wildman–Crippen MR) is 109 cm³/mol. The van der Waals surface area contributed by atoms with E-state index in [1.54, 1.807) is 25.9 Å². The number of fused-ring (bicyclic) bond motifs is 1. The first-order chi connectivity index (χ1) is 13.4. The highest BCUT2D eigenvalue weighted by molar-refractivity contribution is 6.07. The number of benzene rings is 2. The molecule has 0 spiro atoms. The van der Waals surface area contributed by atoms with Gasteiger partial charge in [0.25, 0.3) is 0 Å². The first-order valence-corrected chi connectivity index (χ1v) is 9.36. The molecular weight excluding hydrogens is 354 g/mol. The van der Waals surface area contributed by atoms with Crippen LogP contribution in [-0.4, -0.2) is 31.6 Å². The third-order valence-corrected chi connectivity index (χ3v) is 4.89. The molecule has 1 atom stereocenters. The van der Waals surface area contributed by atoms with Gasteiger partial charge in [-0.3, -0.25) is 4.79 Å². The molecule has 2 aromatic rings. The van der Waals surface area contributed by atoms with Gasteiger partial charge < -0.3 is 14.4 Å². The van der Waals surface area contributed by atoms with Crippen LogP contribution in [-0.2, 0) is 20.7 Å². The van der Waals surface area contributed by atoms with Crippen LogP contribution in [0.2, 0.25) is 0 Å². The van der Waals surface area contributed by atoms with E-state index in [2.05, 4.69) is 12.1 Å². The van der Waals surface area contributed by atoms with Crippen molar-refractivity contribution in [2.24, 2.45) is 0 Å². The smallest absolute Gasteiger partial charge is 0.331 e. The molecule has 1 heterocycles. The lowest BCUT2D eigenvalue weighted by Crippen LogP contribution is -2.37. The summed E-state index contributed by atoms with van der Waals surface area (Å²) in [5.41, 5.74) is 4.63. The van der Waals surface area contributed by atoms with Gasteiger partial charge in [0.1, 0.15) is 5.75 Å². The highest BCUT2D eigenvalue weighted by atomic mass is 16.5. The summed E-state index contributed by atoms with van der Waals surface area (Å²) in [4.78, 5) is 26.5. The van der Waals surface area contributed by atoms with Crippen LogP contribution in [0.4, 0.5) is 5.69 Å². The molecule has 0 saturated heterocycles. The van der Waals surface area contributed by atoms with Gasteiger partial charge in [-0.05, 0) is 49.6 Å². The third-order valence-electron chi connectivity index (χ3n) is 4.89. The molecule has 0 fully saturated rings. The molecule has 0 N–H and O–H groups in total. The number of ether oxygens (including phenoxy) is 2. The summed E-state index contributed by atoms with van der Waals surface area (Å²) in [5, 5.41) is 0. The fourth-order valence-corrected chi connectivity index (χ4v) is 3.59. The summed E-state index contributed by atoms with van der Waals surface area (Å²) in [6.07, 6.45) is 2.10. The van der Waals surface area contributed by atoms with E-state index >= 15 is 0 Å². The van der Waals surface area contributed by atoms with E-state index in [9.17, 15) is 9.59 Å². The Hall–Kier alpha value is -3.08. The van der Waals surface area contributed by atoms with Gasteiger partial charge >= 0.3 is 5.97 Å². The van der Waals surface area contributed by atoms with Gasteiger partial charge in [-0.15, -0.1) is 0 Å². The highest BCUT2D eigenvalue weighted by Gasteiger charge is 2.37. The van der Waals surface area contributed by atoms with Gasteiger partial charge in [0.15, 0.2) is 0 Å². The molecule has 0 aliphatic carbocycles. The Morgan fingerprint density at radius 3 is 2.46 bits per heavy atom. The monoisotopic (exact) mass is 379 g/mol. The number of anilines is 1. The first kappa shape index (κ1) is 19.7. The van der Waals surface area contributed by atoms with Gasteiger partial charge in [0.05, 0.1) is 25.4 Å². The Kier molecular flexibility index (Phi) is 5.83. The SMILES string of the molecule is CCOC(=O)/C=C1/c2cc(OC)ccc2N(C(C)=O)C1Cc1ccc(C)cc1. The van der Waals surface area contributed by atoms with Crippen LogP contribution in [0.1, 0.15) is 30.5 Å². The number of carbonyl (C=O) groups is 2. The van der Waals surface area contributed by atoms with Crippen molar-refractivity contribution in [1.29, 1.82) is 0 Å². The quantitative estimate of drug-likeness (QED) is 0.583. The third kappa shape index (κ3) is 3.93. The van der Waals surface area contributed by atoms with Gasteiger partial charge in [0, 0.05) is 18.6 Å². The lowest BCUT2D eigenvalue weighted by molar-refractivity contribution is -0.137. The van der Waals surface area contributed by atoms with Gasteiger partial charge in [-0.2, -0.15) is 0 Å². The van der Waals surface area contributed by atoms with Crippen LogP contribution >= 0.6 is 0 Å². The highest BCUT2D eigenvalue weighted by Crippen LogP contribution is 2.43. The normalized spacial score (nSPS) is 16.8. The number of aryl methyl sites for hydroxylation is 1. The molecule has 0 aromatic heterocycles. The molecule has 2 aromatic carbocycles. The first-order valence-electron chi connectivity index (χ1n) is 9.36. The van der Waals surface area contributed by atoms with Crippen LogP contribution in [0, 0.1) is 6.92 Å². The van der Waals surface area contributed by atoms with Crippen molar-refractivity contribution >= 4 is 23.1 Å². The van der Waals surface area contributed by atoms with Crippen LogP contribution < -0.4 is 9.64 Å². The van der Waals surface area contributed by atoms with Gasteiger partial charge in [0.2, 0.25) is 5.91 Å². The number of hydrogen-bond acceptors (Lipinski definition) is 4. The zero-order valence-electron chi connectivity index (χ0n) is 16.7. The average Bonchev–Trinajstić information content (AvgIpc) is 2.96. The summed E-state index contributed by atoms with van der Waals surface area (Å²) >= 11 is 0. The number of hydrogen-bond donors (Lipinski definition) is 0. The summed E-state index contributed by atoms with van der Waals surface area (Å²) < 4.78 is 10.5. The number of rotatable bonds is 5. The fourth-order valence-electron chi connectivity index (χ4n) is 3.59. The number of amides is 1. The molecule has 28 heavy (non-hydrogen) atoms. The molecule has 3 rings (SSSR count). The lowest BCUT2D eigenvalue weighted by Gasteiger charge is -2.25. The second-order valence-corrected chi connectivity index (χ2v) is 6.83.